The Morgan fingerprint density at radius 1 is 1.33 bits per heavy atom. The molecule has 94 valence electrons. The predicted octanol–water partition coefficient (Wildman–Crippen LogP) is 3.77. The summed E-state index contributed by atoms with van der Waals surface area (Å²) in [6.07, 6.45) is 0.754. The van der Waals surface area contributed by atoms with E-state index in [0.29, 0.717) is 17.9 Å². The van der Waals surface area contributed by atoms with E-state index in [4.69, 9.17) is 11.6 Å². The van der Waals surface area contributed by atoms with Crippen molar-refractivity contribution in [1.29, 1.82) is 0 Å². The third kappa shape index (κ3) is 3.40. The third-order valence-electron chi connectivity index (χ3n) is 2.64. The van der Waals surface area contributed by atoms with Gasteiger partial charge in [0.15, 0.2) is 0 Å². The monoisotopic (exact) mass is 279 g/mol. The first kappa shape index (κ1) is 13.2. The Balaban J connectivity index is 2.03. The SMILES string of the molecule is Cc1ccc(CC(=O)Cc2csc(C)n2)c(Cl)c1. The first-order chi connectivity index (χ1) is 8.54. The van der Waals surface area contributed by atoms with E-state index >= 15 is 0 Å². The van der Waals surface area contributed by atoms with Crippen LogP contribution in [0.15, 0.2) is 23.6 Å². The van der Waals surface area contributed by atoms with Crippen LogP contribution in [-0.4, -0.2) is 10.8 Å². The molecule has 0 fully saturated rings. The van der Waals surface area contributed by atoms with Crippen LogP contribution >= 0.6 is 22.9 Å². The van der Waals surface area contributed by atoms with Gasteiger partial charge in [0.05, 0.1) is 10.7 Å². The van der Waals surface area contributed by atoms with E-state index in [1.54, 1.807) is 11.3 Å². The highest BCUT2D eigenvalue weighted by molar-refractivity contribution is 7.09. The summed E-state index contributed by atoms with van der Waals surface area (Å²) >= 11 is 7.68. The van der Waals surface area contributed by atoms with E-state index in [9.17, 15) is 4.79 Å². The van der Waals surface area contributed by atoms with Gasteiger partial charge in [0.2, 0.25) is 0 Å². The molecule has 1 aromatic carbocycles. The van der Waals surface area contributed by atoms with Crippen molar-refractivity contribution in [3.63, 3.8) is 0 Å². The smallest absolute Gasteiger partial charge is 0.143 e. The average molecular weight is 280 g/mol. The summed E-state index contributed by atoms with van der Waals surface area (Å²) in [7, 11) is 0. The van der Waals surface area contributed by atoms with Gasteiger partial charge in [0, 0.05) is 23.2 Å². The minimum Gasteiger partial charge on any atom is -0.299 e. The number of ketones is 1. The van der Waals surface area contributed by atoms with Crippen molar-refractivity contribution in [2.75, 3.05) is 0 Å². The molecule has 0 aliphatic rings. The lowest BCUT2D eigenvalue weighted by Crippen LogP contribution is -2.07. The molecule has 2 nitrogen and oxygen atoms in total. The molecule has 18 heavy (non-hydrogen) atoms. The Bertz CT molecular complexity index is 577. The van der Waals surface area contributed by atoms with Crippen molar-refractivity contribution in [1.82, 2.24) is 4.98 Å². The van der Waals surface area contributed by atoms with Crippen molar-refractivity contribution >= 4 is 28.7 Å². The standard InChI is InChI=1S/C14H14ClNOS/c1-9-3-4-11(14(15)5-9)6-13(17)7-12-8-18-10(2)16-12/h3-5,8H,6-7H2,1-2H3. The van der Waals surface area contributed by atoms with E-state index in [0.717, 1.165) is 21.8 Å². The van der Waals surface area contributed by atoms with Crippen LogP contribution in [0, 0.1) is 13.8 Å². The summed E-state index contributed by atoms with van der Waals surface area (Å²) < 4.78 is 0. The van der Waals surface area contributed by atoms with Gasteiger partial charge in [-0.15, -0.1) is 11.3 Å². The van der Waals surface area contributed by atoms with Crippen LogP contribution in [0.4, 0.5) is 0 Å². The molecule has 4 heteroatoms. The summed E-state index contributed by atoms with van der Waals surface area (Å²) in [4.78, 5) is 16.2. The number of aryl methyl sites for hydroxylation is 2. The number of Topliss-reactive ketones (excluding diaryl/α,β-unsaturated/α-hetero) is 1. The van der Waals surface area contributed by atoms with Gasteiger partial charge in [-0.3, -0.25) is 4.79 Å². The molecule has 0 bridgehead atoms. The third-order valence-corrected chi connectivity index (χ3v) is 3.82. The largest absolute Gasteiger partial charge is 0.299 e. The number of halogens is 1. The quantitative estimate of drug-likeness (QED) is 0.853. The fourth-order valence-electron chi connectivity index (χ4n) is 1.76. The maximum absolute atomic E-state index is 11.9. The van der Waals surface area contributed by atoms with Crippen molar-refractivity contribution < 1.29 is 4.79 Å². The maximum atomic E-state index is 11.9. The summed E-state index contributed by atoms with van der Waals surface area (Å²) in [5, 5.41) is 3.59. The van der Waals surface area contributed by atoms with Gasteiger partial charge in [-0.25, -0.2) is 4.98 Å². The highest BCUT2D eigenvalue weighted by atomic mass is 35.5. The van der Waals surface area contributed by atoms with Crippen molar-refractivity contribution in [2.24, 2.45) is 0 Å². The minimum absolute atomic E-state index is 0.144. The second-order valence-corrected chi connectivity index (χ2v) is 5.81. The van der Waals surface area contributed by atoms with E-state index in [-0.39, 0.29) is 5.78 Å². The lowest BCUT2D eigenvalue weighted by molar-refractivity contribution is -0.117. The van der Waals surface area contributed by atoms with Crippen LogP contribution in [0.25, 0.3) is 0 Å². The number of hydrogen-bond donors (Lipinski definition) is 0. The molecular weight excluding hydrogens is 266 g/mol. The summed E-state index contributed by atoms with van der Waals surface area (Å²) in [5.41, 5.74) is 2.84. The second-order valence-electron chi connectivity index (χ2n) is 4.34. The zero-order valence-electron chi connectivity index (χ0n) is 10.4. The van der Waals surface area contributed by atoms with Gasteiger partial charge in [0.1, 0.15) is 5.78 Å². The number of thiazole rings is 1. The molecule has 0 unspecified atom stereocenters. The molecule has 0 saturated heterocycles. The number of carbonyl (C=O) groups excluding carboxylic acids is 1. The van der Waals surface area contributed by atoms with Gasteiger partial charge in [-0.2, -0.15) is 0 Å². The Labute approximate surface area is 116 Å². The van der Waals surface area contributed by atoms with Gasteiger partial charge in [-0.1, -0.05) is 23.7 Å². The number of rotatable bonds is 4. The number of nitrogens with zero attached hydrogens (tertiary/aromatic N) is 1. The minimum atomic E-state index is 0.144. The van der Waals surface area contributed by atoms with Crippen molar-refractivity contribution in [2.45, 2.75) is 26.7 Å². The van der Waals surface area contributed by atoms with Crippen LogP contribution in [0.1, 0.15) is 21.8 Å². The Morgan fingerprint density at radius 2 is 2.11 bits per heavy atom. The highest BCUT2D eigenvalue weighted by Crippen LogP contribution is 2.19. The molecule has 0 aliphatic heterocycles. The summed E-state index contributed by atoms with van der Waals surface area (Å²) in [5.74, 6) is 0.144. The van der Waals surface area contributed by atoms with E-state index < -0.39 is 0 Å². The average Bonchev–Trinajstić information content (AvgIpc) is 2.68. The molecule has 0 N–H and O–H groups in total. The Kier molecular flexibility index (Phi) is 4.15. The number of carbonyl (C=O) groups is 1. The van der Waals surface area contributed by atoms with Gasteiger partial charge >= 0.3 is 0 Å². The lowest BCUT2D eigenvalue weighted by Gasteiger charge is -2.04. The van der Waals surface area contributed by atoms with Crippen LogP contribution in [0.2, 0.25) is 5.02 Å². The summed E-state index contributed by atoms with van der Waals surface area (Å²) in [6, 6.07) is 5.78. The molecule has 0 saturated carbocycles. The maximum Gasteiger partial charge on any atom is 0.143 e. The van der Waals surface area contributed by atoms with E-state index in [1.165, 1.54) is 0 Å². The first-order valence-electron chi connectivity index (χ1n) is 5.72. The van der Waals surface area contributed by atoms with Crippen LogP contribution in [0.3, 0.4) is 0 Å². The lowest BCUT2D eigenvalue weighted by atomic mass is 10.0. The second kappa shape index (κ2) is 5.63. The normalized spacial score (nSPS) is 10.6. The van der Waals surface area contributed by atoms with Gasteiger partial charge < -0.3 is 0 Å². The molecular formula is C14H14ClNOS. The van der Waals surface area contributed by atoms with Crippen LogP contribution < -0.4 is 0 Å². The molecule has 0 aliphatic carbocycles. The van der Waals surface area contributed by atoms with Gasteiger partial charge in [-0.05, 0) is 31.0 Å². The topological polar surface area (TPSA) is 30.0 Å². The molecule has 0 spiro atoms. The van der Waals surface area contributed by atoms with Gasteiger partial charge in [0.25, 0.3) is 0 Å². The molecule has 2 aromatic rings. The zero-order chi connectivity index (χ0) is 13.1. The number of aromatic nitrogens is 1. The fourth-order valence-corrected chi connectivity index (χ4v) is 2.68. The number of benzene rings is 1. The molecule has 2 rings (SSSR count). The molecule has 1 aromatic heterocycles. The fraction of sp³-hybridized carbons (Fsp3) is 0.286. The van der Waals surface area contributed by atoms with Crippen LogP contribution in [0.5, 0.6) is 0 Å². The molecule has 0 atom stereocenters. The Morgan fingerprint density at radius 3 is 2.72 bits per heavy atom. The van der Waals surface area contributed by atoms with E-state index in [2.05, 4.69) is 4.98 Å². The van der Waals surface area contributed by atoms with Crippen molar-refractivity contribution in [3.8, 4) is 0 Å². The highest BCUT2D eigenvalue weighted by Gasteiger charge is 2.10. The first-order valence-corrected chi connectivity index (χ1v) is 6.98. The number of hydrogen-bond acceptors (Lipinski definition) is 3. The molecule has 1 heterocycles. The van der Waals surface area contributed by atoms with E-state index in [1.807, 2.05) is 37.4 Å². The Hall–Kier alpha value is -1.19. The predicted molar refractivity (Wildman–Crippen MR) is 75.5 cm³/mol. The molecule has 0 amide bonds. The molecule has 0 radical (unpaired) electrons. The van der Waals surface area contributed by atoms with Crippen molar-refractivity contribution in [3.05, 3.63) is 50.4 Å². The summed E-state index contributed by atoms with van der Waals surface area (Å²) in [6.45, 7) is 3.92. The zero-order valence-corrected chi connectivity index (χ0v) is 11.9. The van der Waals surface area contributed by atoms with Crippen LogP contribution in [-0.2, 0) is 17.6 Å².